The number of methoxy groups -OCH3 is 1. The monoisotopic (exact) mass is 336 g/mol. The lowest BCUT2D eigenvalue weighted by atomic mass is 10.1. The van der Waals surface area contributed by atoms with Crippen molar-refractivity contribution >= 4 is 11.6 Å². The topological polar surface area (TPSA) is 38.5 Å². The quantitative estimate of drug-likeness (QED) is 0.796. The first-order valence-corrected chi connectivity index (χ1v) is 8.00. The Hall–Kier alpha value is -1.62. The summed E-state index contributed by atoms with van der Waals surface area (Å²) in [6.45, 7) is 2.50. The van der Waals surface area contributed by atoms with Crippen molar-refractivity contribution < 1.29 is 9.13 Å². The van der Waals surface area contributed by atoms with Gasteiger partial charge in [0.05, 0.1) is 7.11 Å². The van der Waals surface area contributed by atoms with Gasteiger partial charge in [0.2, 0.25) is 0 Å². The van der Waals surface area contributed by atoms with Crippen LogP contribution in [-0.4, -0.2) is 25.1 Å². The number of benzene rings is 2. The van der Waals surface area contributed by atoms with Gasteiger partial charge in [-0.05, 0) is 42.8 Å². The van der Waals surface area contributed by atoms with Gasteiger partial charge in [0.1, 0.15) is 11.6 Å². The van der Waals surface area contributed by atoms with Crippen LogP contribution >= 0.6 is 11.6 Å². The second-order valence-electron chi connectivity index (χ2n) is 5.40. The largest absolute Gasteiger partial charge is 0.497 e. The molecule has 0 aliphatic carbocycles. The van der Waals surface area contributed by atoms with Crippen LogP contribution in [-0.2, 0) is 13.1 Å². The highest BCUT2D eigenvalue weighted by Crippen LogP contribution is 2.22. The van der Waals surface area contributed by atoms with Crippen LogP contribution < -0.4 is 10.5 Å². The van der Waals surface area contributed by atoms with E-state index < -0.39 is 0 Å². The molecule has 2 N–H and O–H groups in total. The Labute approximate surface area is 141 Å². The summed E-state index contributed by atoms with van der Waals surface area (Å²) in [6.07, 6.45) is 0.843. The van der Waals surface area contributed by atoms with E-state index in [0.717, 1.165) is 24.3 Å². The maximum absolute atomic E-state index is 14.0. The maximum atomic E-state index is 14.0. The fraction of sp³-hybridized carbons (Fsp3) is 0.333. The molecule has 0 aromatic heterocycles. The predicted molar refractivity (Wildman–Crippen MR) is 92.2 cm³/mol. The van der Waals surface area contributed by atoms with Crippen molar-refractivity contribution in [2.75, 3.05) is 20.2 Å². The molecule has 124 valence electrons. The van der Waals surface area contributed by atoms with Crippen molar-refractivity contribution in [2.45, 2.75) is 19.5 Å². The molecule has 0 bridgehead atoms. The number of nitrogens with zero attached hydrogens (tertiary/aromatic N) is 1. The summed E-state index contributed by atoms with van der Waals surface area (Å²) in [5.74, 6) is 0.533. The minimum Gasteiger partial charge on any atom is -0.497 e. The van der Waals surface area contributed by atoms with Crippen LogP contribution in [0.4, 0.5) is 4.39 Å². The Balaban J connectivity index is 2.16. The van der Waals surface area contributed by atoms with Crippen molar-refractivity contribution in [1.29, 1.82) is 0 Å². The lowest BCUT2D eigenvalue weighted by Gasteiger charge is -2.23. The fourth-order valence-electron chi connectivity index (χ4n) is 2.46. The number of hydrogen-bond donors (Lipinski definition) is 1. The zero-order valence-electron chi connectivity index (χ0n) is 13.3. The fourth-order valence-corrected chi connectivity index (χ4v) is 2.69. The van der Waals surface area contributed by atoms with Gasteiger partial charge in [0.25, 0.3) is 0 Å². The average molecular weight is 337 g/mol. The van der Waals surface area contributed by atoms with E-state index in [1.165, 1.54) is 6.07 Å². The summed E-state index contributed by atoms with van der Waals surface area (Å²) in [5.41, 5.74) is 7.25. The van der Waals surface area contributed by atoms with E-state index in [4.69, 9.17) is 22.1 Å². The molecule has 3 nitrogen and oxygen atoms in total. The Morgan fingerprint density at radius 1 is 1.17 bits per heavy atom. The van der Waals surface area contributed by atoms with E-state index in [1.54, 1.807) is 19.2 Å². The molecule has 0 atom stereocenters. The van der Waals surface area contributed by atoms with Crippen molar-refractivity contribution in [3.63, 3.8) is 0 Å². The van der Waals surface area contributed by atoms with Crippen molar-refractivity contribution in [3.05, 3.63) is 64.4 Å². The van der Waals surface area contributed by atoms with Gasteiger partial charge in [0.15, 0.2) is 0 Å². The second kappa shape index (κ2) is 8.87. The Kier molecular flexibility index (Phi) is 6.84. The highest BCUT2D eigenvalue weighted by molar-refractivity contribution is 6.31. The standard InChI is InChI=1S/C18H22ClFN2O/c1-23-15-6-2-5-14(11-15)12-22(10-4-9-21)13-16-17(19)7-3-8-18(16)20/h2-3,5-8,11H,4,9-10,12-13,21H2,1H3. The lowest BCUT2D eigenvalue weighted by molar-refractivity contribution is 0.251. The number of rotatable bonds is 8. The molecular formula is C18H22ClFN2O. The van der Waals surface area contributed by atoms with Crippen molar-refractivity contribution in [2.24, 2.45) is 5.73 Å². The predicted octanol–water partition coefficient (Wildman–Crippen LogP) is 3.84. The van der Waals surface area contributed by atoms with Crippen LogP contribution in [0, 0.1) is 5.82 Å². The van der Waals surface area contributed by atoms with Gasteiger partial charge >= 0.3 is 0 Å². The zero-order chi connectivity index (χ0) is 16.7. The molecule has 0 saturated carbocycles. The van der Waals surface area contributed by atoms with Gasteiger partial charge < -0.3 is 10.5 Å². The minimum absolute atomic E-state index is 0.277. The second-order valence-corrected chi connectivity index (χ2v) is 5.81. The molecule has 0 aliphatic rings. The van der Waals surface area contributed by atoms with Crippen LogP contribution in [0.5, 0.6) is 5.75 Å². The van der Waals surface area contributed by atoms with E-state index >= 15 is 0 Å². The van der Waals surface area contributed by atoms with E-state index in [2.05, 4.69) is 4.90 Å². The summed E-state index contributed by atoms with van der Waals surface area (Å²) >= 11 is 6.15. The molecule has 2 aromatic carbocycles. The molecule has 0 aliphatic heterocycles. The molecule has 0 fully saturated rings. The Morgan fingerprint density at radius 3 is 2.65 bits per heavy atom. The van der Waals surface area contributed by atoms with Crippen LogP contribution in [0.3, 0.4) is 0 Å². The first kappa shape index (κ1) is 17.7. The number of ether oxygens (including phenoxy) is 1. The molecule has 5 heteroatoms. The lowest BCUT2D eigenvalue weighted by Crippen LogP contribution is -2.26. The highest BCUT2D eigenvalue weighted by atomic mass is 35.5. The van der Waals surface area contributed by atoms with E-state index in [-0.39, 0.29) is 5.82 Å². The summed E-state index contributed by atoms with van der Waals surface area (Å²) in [6, 6.07) is 12.6. The molecular weight excluding hydrogens is 315 g/mol. The smallest absolute Gasteiger partial charge is 0.129 e. The molecule has 2 rings (SSSR count). The van der Waals surface area contributed by atoms with Crippen LogP contribution in [0.1, 0.15) is 17.5 Å². The molecule has 0 amide bonds. The molecule has 2 aromatic rings. The van der Waals surface area contributed by atoms with Crippen LogP contribution in [0.25, 0.3) is 0 Å². The Morgan fingerprint density at radius 2 is 1.96 bits per heavy atom. The van der Waals surface area contributed by atoms with Crippen LogP contribution in [0.2, 0.25) is 5.02 Å². The highest BCUT2D eigenvalue weighted by Gasteiger charge is 2.13. The first-order valence-electron chi connectivity index (χ1n) is 7.62. The molecule has 0 heterocycles. The minimum atomic E-state index is -0.277. The molecule has 0 radical (unpaired) electrons. The summed E-state index contributed by atoms with van der Waals surface area (Å²) < 4.78 is 19.3. The van der Waals surface area contributed by atoms with E-state index in [9.17, 15) is 4.39 Å². The summed E-state index contributed by atoms with van der Waals surface area (Å²) in [4.78, 5) is 2.14. The van der Waals surface area contributed by atoms with E-state index in [1.807, 2.05) is 24.3 Å². The molecule has 23 heavy (non-hydrogen) atoms. The zero-order valence-corrected chi connectivity index (χ0v) is 14.0. The SMILES string of the molecule is COc1cccc(CN(CCCN)Cc2c(F)cccc2Cl)c1. The number of nitrogens with two attached hydrogens (primary N) is 1. The van der Waals surface area contributed by atoms with Gasteiger partial charge in [-0.3, -0.25) is 4.90 Å². The summed E-state index contributed by atoms with van der Waals surface area (Å²) in [5, 5.41) is 0.452. The van der Waals surface area contributed by atoms with Crippen molar-refractivity contribution in [3.8, 4) is 5.75 Å². The van der Waals surface area contributed by atoms with Crippen LogP contribution in [0.15, 0.2) is 42.5 Å². The third-order valence-electron chi connectivity index (χ3n) is 3.66. The number of halogens is 2. The van der Waals surface area contributed by atoms with Gasteiger partial charge in [-0.2, -0.15) is 0 Å². The van der Waals surface area contributed by atoms with Gasteiger partial charge in [-0.1, -0.05) is 29.8 Å². The average Bonchev–Trinajstić information content (AvgIpc) is 2.56. The van der Waals surface area contributed by atoms with E-state index in [0.29, 0.717) is 30.2 Å². The molecule has 0 spiro atoms. The van der Waals surface area contributed by atoms with Crippen molar-refractivity contribution in [1.82, 2.24) is 4.90 Å². The van der Waals surface area contributed by atoms with Gasteiger partial charge in [-0.25, -0.2) is 4.39 Å². The molecule has 0 unspecified atom stereocenters. The number of hydrogen-bond acceptors (Lipinski definition) is 3. The summed E-state index contributed by atoms with van der Waals surface area (Å²) in [7, 11) is 1.64. The third-order valence-corrected chi connectivity index (χ3v) is 4.02. The van der Waals surface area contributed by atoms with Gasteiger partial charge in [-0.15, -0.1) is 0 Å². The maximum Gasteiger partial charge on any atom is 0.129 e. The van der Waals surface area contributed by atoms with Gasteiger partial charge in [0, 0.05) is 30.2 Å². The molecule has 0 saturated heterocycles. The Bertz CT molecular complexity index is 616. The normalized spacial score (nSPS) is 11.0. The first-order chi connectivity index (χ1) is 11.1. The third kappa shape index (κ3) is 5.20.